The van der Waals surface area contributed by atoms with E-state index in [1.54, 1.807) is 0 Å². The molecule has 0 aliphatic heterocycles. The van der Waals surface area contributed by atoms with Gasteiger partial charge in [-0.05, 0) is 18.4 Å². The molecule has 0 radical (unpaired) electrons. The zero-order valence-corrected chi connectivity index (χ0v) is 14.7. The Labute approximate surface area is 138 Å². The average molecular weight is 411 g/mol. The zero-order valence-electron chi connectivity index (χ0n) is 11.6. The molecular weight excluding hydrogens is 389 g/mol. The number of sulfone groups is 1. The summed E-state index contributed by atoms with van der Waals surface area (Å²) >= 11 is 0. The van der Waals surface area contributed by atoms with Crippen molar-refractivity contribution in [1.82, 2.24) is 5.32 Å². The van der Waals surface area contributed by atoms with Gasteiger partial charge in [-0.3, -0.25) is 4.99 Å². The molecule has 0 heterocycles. The molecule has 20 heavy (non-hydrogen) atoms. The van der Waals surface area contributed by atoms with E-state index in [2.05, 4.69) is 22.4 Å². The summed E-state index contributed by atoms with van der Waals surface area (Å²) < 4.78 is 21.8. The number of nitrogens with two attached hydrogens (primary N) is 1. The summed E-state index contributed by atoms with van der Waals surface area (Å²) in [6.45, 7) is 1.14. The van der Waals surface area contributed by atoms with Crippen LogP contribution in [0.5, 0.6) is 0 Å². The highest BCUT2D eigenvalue weighted by molar-refractivity contribution is 14.0. The maximum atomic E-state index is 10.9. The van der Waals surface area contributed by atoms with Crippen LogP contribution < -0.4 is 11.1 Å². The first kappa shape index (κ1) is 19.2. The Hall–Kier alpha value is -0.830. The molecule has 0 saturated heterocycles. The van der Waals surface area contributed by atoms with Gasteiger partial charge >= 0.3 is 0 Å². The Bertz CT molecular complexity index is 504. The van der Waals surface area contributed by atoms with Gasteiger partial charge in [-0.25, -0.2) is 8.42 Å². The third-order valence-electron chi connectivity index (χ3n) is 2.52. The molecule has 0 spiro atoms. The van der Waals surface area contributed by atoms with Crippen LogP contribution >= 0.6 is 24.0 Å². The highest BCUT2D eigenvalue weighted by Crippen LogP contribution is 1.97. The zero-order chi connectivity index (χ0) is 14.1. The van der Waals surface area contributed by atoms with Crippen molar-refractivity contribution in [3.05, 3.63) is 35.9 Å². The van der Waals surface area contributed by atoms with Crippen molar-refractivity contribution in [2.45, 2.75) is 12.8 Å². The van der Waals surface area contributed by atoms with Gasteiger partial charge < -0.3 is 11.1 Å². The number of aliphatic imine (C=N–C) groups is 1. The quantitative estimate of drug-likeness (QED) is 0.306. The van der Waals surface area contributed by atoms with Crippen LogP contribution in [0.2, 0.25) is 0 Å². The molecule has 0 amide bonds. The van der Waals surface area contributed by atoms with Crippen LogP contribution in [0.3, 0.4) is 0 Å². The maximum Gasteiger partial charge on any atom is 0.188 e. The highest BCUT2D eigenvalue weighted by atomic mass is 127. The second-order valence-corrected chi connectivity index (χ2v) is 6.67. The van der Waals surface area contributed by atoms with E-state index in [4.69, 9.17) is 5.73 Å². The Balaban J connectivity index is 0.00000361. The fraction of sp³-hybridized carbons (Fsp3) is 0.462. The van der Waals surface area contributed by atoms with Gasteiger partial charge in [0.25, 0.3) is 0 Å². The minimum absolute atomic E-state index is 0. The second kappa shape index (κ2) is 9.98. The summed E-state index contributed by atoms with van der Waals surface area (Å²) in [4.78, 5) is 4.08. The van der Waals surface area contributed by atoms with Crippen LogP contribution in [0.25, 0.3) is 0 Å². The molecule has 0 aromatic heterocycles. The molecular formula is C13H22IN3O2S. The second-order valence-electron chi connectivity index (χ2n) is 4.41. The smallest absolute Gasteiger partial charge is 0.188 e. The van der Waals surface area contributed by atoms with E-state index in [-0.39, 0.29) is 29.7 Å². The largest absolute Gasteiger partial charge is 0.370 e. The van der Waals surface area contributed by atoms with Gasteiger partial charge in [-0.15, -0.1) is 24.0 Å². The lowest BCUT2D eigenvalue weighted by molar-refractivity contribution is 0.599. The molecule has 0 saturated carbocycles. The Kier molecular flexibility index (Phi) is 9.56. The monoisotopic (exact) mass is 411 g/mol. The minimum atomic E-state index is -2.91. The Morgan fingerprint density at radius 3 is 2.55 bits per heavy atom. The molecule has 114 valence electrons. The molecule has 0 fully saturated rings. The van der Waals surface area contributed by atoms with E-state index in [1.165, 1.54) is 11.8 Å². The third-order valence-corrected chi connectivity index (χ3v) is 3.55. The summed E-state index contributed by atoms with van der Waals surface area (Å²) in [6, 6.07) is 10.1. The first-order valence-corrected chi connectivity index (χ1v) is 8.29. The highest BCUT2D eigenvalue weighted by Gasteiger charge is 2.00. The summed E-state index contributed by atoms with van der Waals surface area (Å²) in [7, 11) is -2.91. The molecule has 0 aliphatic carbocycles. The first-order valence-electron chi connectivity index (χ1n) is 6.23. The lowest BCUT2D eigenvalue weighted by Crippen LogP contribution is -2.33. The van der Waals surface area contributed by atoms with E-state index in [9.17, 15) is 8.42 Å². The fourth-order valence-electron chi connectivity index (χ4n) is 1.56. The molecule has 1 aromatic rings. The lowest BCUT2D eigenvalue weighted by Gasteiger charge is -2.05. The number of hydrogen-bond acceptors (Lipinski definition) is 3. The number of rotatable bonds is 7. The van der Waals surface area contributed by atoms with Crippen LogP contribution in [0.1, 0.15) is 12.0 Å². The number of nitrogens with zero attached hydrogens (tertiary/aromatic N) is 1. The van der Waals surface area contributed by atoms with Gasteiger partial charge in [0.1, 0.15) is 9.84 Å². The van der Waals surface area contributed by atoms with Crippen molar-refractivity contribution in [3.63, 3.8) is 0 Å². The molecule has 5 nitrogen and oxygen atoms in total. The van der Waals surface area contributed by atoms with Gasteiger partial charge in [0.2, 0.25) is 0 Å². The van der Waals surface area contributed by atoms with E-state index < -0.39 is 9.84 Å². The van der Waals surface area contributed by atoms with E-state index in [0.29, 0.717) is 25.5 Å². The molecule has 0 bridgehead atoms. The Morgan fingerprint density at radius 2 is 1.95 bits per heavy atom. The molecule has 1 aromatic carbocycles. The maximum absolute atomic E-state index is 10.9. The van der Waals surface area contributed by atoms with Crippen LogP contribution in [0.15, 0.2) is 35.3 Å². The SMILES string of the molecule is CS(=O)(=O)CCCN=C(N)NCCc1ccccc1.I. The summed E-state index contributed by atoms with van der Waals surface area (Å²) in [6.07, 6.45) is 2.60. The van der Waals surface area contributed by atoms with Crippen molar-refractivity contribution in [1.29, 1.82) is 0 Å². The van der Waals surface area contributed by atoms with Gasteiger partial charge in [0.15, 0.2) is 5.96 Å². The van der Waals surface area contributed by atoms with E-state index >= 15 is 0 Å². The summed E-state index contributed by atoms with van der Waals surface area (Å²) in [5, 5.41) is 3.01. The third kappa shape index (κ3) is 10.0. The fourth-order valence-corrected chi connectivity index (χ4v) is 2.22. The van der Waals surface area contributed by atoms with Crippen molar-refractivity contribution >= 4 is 39.8 Å². The molecule has 3 N–H and O–H groups in total. The van der Waals surface area contributed by atoms with Crippen LogP contribution in [-0.4, -0.2) is 39.5 Å². The normalized spacial score (nSPS) is 11.8. The van der Waals surface area contributed by atoms with Gasteiger partial charge in [0, 0.05) is 19.3 Å². The van der Waals surface area contributed by atoms with Gasteiger partial charge in [-0.1, -0.05) is 30.3 Å². The van der Waals surface area contributed by atoms with Crippen molar-refractivity contribution < 1.29 is 8.42 Å². The molecule has 0 atom stereocenters. The number of hydrogen-bond donors (Lipinski definition) is 2. The molecule has 0 aliphatic rings. The van der Waals surface area contributed by atoms with Crippen molar-refractivity contribution in [2.75, 3.05) is 25.1 Å². The summed E-state index contributed by atoms with van der Waals surface area (Å²) in [5.41, 5.74) is 6.91. The summed E-state index contributed by atoms with van der Waals surface area (Å²) in [5.74, 6) is 0.512. The lowest BCUT2D eigenvalue weighted by atomic mass is 10.1. The van der Waals surface area contributed by atoms with Crippen molar-refractivity contribution in [2.24, 2.45) is 10.7 Å². The number of nitrogens with one attached hydrogen (secondary N) is 1. The number of benzene rings is 1. The van der Waals surface area contributed by atoms with Gasteiger partial charge in [0.05, 0.1) is 5.75 Å². The predicted octanol–water partition coefficient (Wildman–Crippen LogP) is 1.19. The molecule has 7 heteroatoms. The molecule has 0 unspecified atom stereocenters. The van der Waals surface area contributed by atoms with Gasteiger partial charge in [-0.2, -0.15) is 0 Å². The van der Waals surface area contributed by atoms with E-state index in [1.807, 2.05) is 18.2 Å². The first-order chi connectivity index (χ1) is 8.97. The van der Waals surface area contributed by atoms with Crippen LogP contribution in [-0.2, 0) is 16.3 Å². The molecule has 1 rings (SSSR count). The standard InChI is InChI=1S/C13H21N3O2S.HI/c1-19(17,18)11-5-9-15-13(14)16-10-8-12-6-3-2-4-7-12;/h2-4,6-7H,5,8-11H2,1H3,(H3,14,15,16);1H. The number of guanidine groups is 1. The van der Waals surface area contributed by atoms with Crippen LogP contribution in [0, 0.1) is 0 Å². The van der Waals surface area contributed by atoms with Crippen LogP contribution in [0.4, 0.5) is 0 Å². The average Bonchev–Trinajstić information content (AvgIpc) is 2.35. The number of halogens is 1. The van der Waals surface area contributed by atoms with E-state index in [0.717, 1.165) is 6.42 Å². The minimum Gasteiger partial charge on any atom is -0.370 e. The predicted molar refractivity (Wildman–Crippen MR) is 94.4 cm³/mol. The topological polar surface area (TPSA) is 84.5 Å². The Morgan fingerprint density at radius 1 is 1.30 bits per heavy atom. The van der Waals surface area contributed by atoms with Crippen molar-refractivity contribution in [3.8, 4) is 0 Å².